The van der Waals surface area contributed by atoms with E-state index in [9.17, 15) is 5.26 Å². The molecule has 0 bridgehead atoms. The number of rotatable bonds is 2. The maximum absolute atomic E-state index is 9.75. The number of nitrogens with one attached hydrogen (secondary N) is 1. The molecule has 6 nitrogen and oxygen atoms in total. The van der Waals surface area contributed by atoms with Crippen molar-refractivity contribution in [2.24, 2.45) is 0 Å². The summed E-state index contributed by atoms with van der Waals surface area (Å²) in [6.07, 6.45) is 1.57. The number of hydrogen-bond donors (Lipinski definition) is 2. The zero-order chi connectivity index (χ0) is 15.8. The number of nitrogens with zero attached hydrogens (tertiary/aromatic N) is 2. The first-order valence-electron chi connectivity index (χ1n) is 7.04. The maximum Gasteiger partial charge on any atom is 0.244 e. The molecule has 1 atom stereocenters. The highest BCUT2D eigenvalue weighted by Gasteiger charge is 2.37. The Morgan fingerprint density at radius 2 is 2.00 bits per heavy atom. The van der Waals surface area contributed by atoms with Crippen LogP contribution in [0.3, 0.4) is 0 Å². The summed E-state index contributed by atoms with van der Waals surface area (Å²) in [7, 11) is 0. The van der Waals surface area contributed by atoms with Gasteiger partial charge in [-0.1, -0.05) is 30.3 Å². The van der Waals surface area contributed by atoms with Crippen LogP contribution in [-0.2, 0) is 0 Å². The Morgan fingerprint density at radius 3 is 2.70 bits per heavy atom. The molecule has 1 aliphatic rings. The van der Waals surface area contributed by atoms with Gasteiger partial charge in [-0.2, -0.15) is 5.26 Å². The molecule has 0 aliphatic carbocycles. The summed E-state index contributed by atoms with van der Waals surface area (Å²) >= 11 is 0. The van der Waals surface area contributed by atoms with Crippen LogP contribution >= 0.6 is 0 Å². The van der Waals surface area contributed by atoms with Crippen LogP contribution in [0.25, 0.3) is 5.76 Å². The van der Waals surface area contributed by atoms with Gasteiger partial charge in [-0.25, -0.2) is 0 Å². The van der Waals surface area contributed by atoms with Crippen LogP contribution in [0.5, 0.6) is 5.88 Å². The average Bonchev–Trinajstić information content (AvgIpc) is 3.24. The van der Waals surface area contributed by atoms with Crippen LogP contribution in [0.1, 0.15) is 22.8 Å². The van der Waals surface area contributed by atoms with E-state index in [1.54, 1.807) is 12.3 Å². The highest BCUT2D eigenvalue weighted by molar-refractivity contribution is 5.76. The SMILES string of the molecule is N#CC1=C(c2ccccc2)Oc2n[nH]c(N)c2C1c1ccco1. The van der Waals surface area contributed by atoms with E-state index in [1.165, 1.54) is 0 Å². The number of nitrogens with two attached hydrogens (primary N) is 1. The standard InChI is InChI=1S/C17H12N4O2/c18-9-11-13(12-7-4-8-22-12)14-16(19)20-21-17(14)23-15(11)10-5-2-1-3-6-10/h1-8,13H,(H3,19,20,21). The van der Waals surface area contributed by atoms with Crippen LogP contribution in [0.15, 0.2) is 58.7 Å². The fourth-order valence-electron chi connectivity index (χ4n) is 2.79. The molecular formula is C17H12N4O2. The van der Waals surface area contributed by atoms with E-state index in [1.807, 2.05) is 36.4 Å². The molecule has 112 valence electrons. The Kier molecular flexibility index (Phi) is 2.91. The summed E-state index contributed by atoms with van der Waals surface area (Å²) in [5.41, 5.74) is 7.84. The molecule has 0 radical (unpaired) electrons. The van der Waals surface area contributed by atoms with Crippen molar-refractivity contribution in [3.05, 3.63) is 71.2 Å². The number of aromatic amines is 1. The number of anilines is 1. The minimum Gasteiger partial charge on any atom is -0.468 e. The van der Waals surface area contributed by atoms with Gasteiger partial charge in [-0.3, -0.25) is 5.10 Å². The third-order valence-electron chi connectivity index (χ3n) is 3.80. The molecule has 0 spiro atoms. The second-order valence-electron chi connectivity index (χ2n) is 5.13. The number of allylic oxidation sites excluding steroid dienone is 1. The Labute approximate surface area is 131 Å². The van der Waals surface area contributed by atoms with E-state index in [0.717, 1.165) is 5.56 Å². The molecule has 0 amide bonds. The predicted octanol–water partition coefficient (Wildman–Crippen LogP) is 3.04. The monoisotopic (exact) mass is 304 g/mol. The summed E-state index contributed by atoms with van der Waals surface area (Å²) in [6.45, 7) is 0. The summed E-state index contributed by atoms with van der Waals surface area (Å²) in [4.78, 5) is 0. The molecule has 2 aromatic heterocycles. The van der Waals surface area contributed by atoms with Gasteiger partial charge in [0.1, 0.15) is 11.6 Å². The van der Waals surface area contributed by atoms with Crippen molar-refractivity contribution >= 4 is 11.6 Å². The van der Waals surface area contributed by atoms with Gasteiger partial charge in [0.05, 0.1) is 29.4 Å². The number of benzene rings is 1. The van der Waals surface area contributed by atoms with Crippen molar-refractivity contribution in [3.8, 4) is 11.9 Å². The molecule has 0 saturated heterocycles. The van der Waals surface area contributed by atoms with Crippen molar-refractivity contribution < 1.29 is 9.15 Å². The Bertz CT molecular complexity index is 917. The van der Waals surface area contributed by atoms with Crippen molar-refractivity contribution in [3.63, 3.8) is 0 Å². The summed E-state index contributed by atoms with van der Waals surface area (Å²) < 4.78 is 11.4. The van der Waals surface area contributed by atoms with Gasteiger partial charge in [0.25, 0.3) is 0 Å². The Morgan fingerprint density at radius 1 is 1.17 bits per heavy atom. The number of H-pyrrole nitrogens is 1. The number of fused-ring (bicyclic) bond motifs is 1. The molecule has 1 unspecified atom stereocenters. The van der Waals surface area contributed by atoms with Crippen molar-refractivity contribution in [2.75, 3.05) is 5.73 Å². The number of nitriles is 1. The molecule has 3 N–H and O–H groups in total. The quantitative estimate of drug-likeness (QED) is 0.757. The molecule has 0 fully saturated rings. The lowest BCUT2D eigenvalue weighted by Gasteiger charge is -2.23. The Hall–Kier alpha value is -3.46. The molecule has 4 rings (SSSR count). The van der Waals surface area contributed by atoms with Gasteiger partial charge in [-0.15, -0.1) is 5.10 Å². The fraction of sp³-hybridized carbons (Fsp3) is 0.0588. The average molecular weight is 304 g/mol. The van der Waals surface area contributed by atoms with E-state index in [-0.39, 0.29) is 0 Å². The van der Waals surface area contributed by atoms with E-state index in [2.05, 4.69) is 16.3 Å². The first-order chi connectivity index (χ1) is 11.3. The molecule has 1 aromatic carbocycles. The van der Waals surface area contributed by atoms with E-state index < -0.39 is 5.92 Å². The van der Waals surface area contributed by atoms with Crippen LogP contribution in [0, 0.1) is 11.3 Å². The summed E-state index contributed by atoms with van der Waals surface area (Å²) in [6, 6.07) is 15.3. The number of ether oxygens (including phenoxy) is 1. The van der Waals surface area contributed by atoms with Crippen LogP contribution in [0.4, 0.5) is 5.82 Å². The second kappa shape index (κ2) is 5.07. The molecule has 23 heavy (non-hydrogen) atoms. The van der Waals surface area contributed by atoms with Crippen LogP contribution < -0.4 is 10.5 Å². The highest BCUT2D eigenvalue weighted by Crippen LogP contribution is 2.46. The van der Waals surface area contributed by atoms with Gasteiger partial charge >= 0.3 is 0 Å². The first kappa shape index (κ1) is 13.2. The lowest BCUT2D eigenvalue weighted by molar-refractivity contribution is 0.447. The van der Waals surface area contributed by atoms with Crippen LogP contribution in [0.2, 0.25) is 0 Å². The van der Waals surface area contributed by atoms with Crippen molar-refractivity contribution in [1.29, 1.82) is 5.26 Å². The summed E-state index contributed by atoms with van der Waals surface area (Å²) in [5.74, 6) is 1.36. The van der Waals surface area contributed by atoms with Crippen LogP contribution in [-0.4, -0.2) is 10.2 Å². The minimum absolute atomic E-state index is 0.362. The third-order valence-corrected chi connectivity index (χ3v) is 3.80. The lowest BCUT2D eigenvalue weighted by atomic mass is 9.86. The number of furan rings is 1. The van der Waals surface area contributed by atoms with E-state index >= 15 is 0 Å². The largest absolute Gasteiger partial charge is 0.468 e. The fourth-order valence-corrected chi connectivity index (χ4v) is 2.79. The zero-order valence-corrected chi connectivity index (χ0v) is 12.0. The second-order valence-corrected chi connectivity index (χ2v) is 5.13. The van der Waals surface area contributed by atoms with E-state index in [0.29, 0.717) is 34.4 Å². The van der Waals surface area contributed by atoms with Crippen molar-refractivity contribution in [2.45, 2.75) is 5.92 Å². The minimum atomic E-state index is -0.451. The number of nitrogen functional groups attached to an aromatic ring is 1. The molecular weight excluding hydrogens is 292 g/mol. The number of hydrogen-bond acceptors (Lipinski definition) is 5. The molecule has 1 aliphatic heterocycles. The Balaban J connectivity index is 1.98. The molecule has 3 heterocycles. The molecule has 6 heteroatoms. The van der Waals surface area contributed by atoms with Gasteiger partial charge in [0.15, 0.2) is 5.76 Å². The van der Waals surface area contributed by atoms with Gasteiger partial charge in [0, 0.05) is 5.56 Å². The highest BCUT2D eigenvalue weighted by atomic mass is 16.5. The van der Waals surface area contributed by atoms with E-state index in [4.69, 9.17) is 14.9 Å². The smallest absolute Gasteiger partial charge is 0.244 e. The third kappa shape index (κ3) is 1.99. The zero-order valence-electron chi connectivity index (χ0n) is 12.0. The van der Waals surface area contributed by atoms with Gasteiger partial charge in [0.2, 0.25) is 5.88 Å². The van der Waals surface area contributed by atoms with Gasteiger partial charge in [-0.05, 0) is 12.1 Å². The van der Waals surface area contributed by atoms with Gasteiger partial charge < -0.3 is 14.9 Å². The predicted molar refractivity (Wildman–Crippen MR) is 83.2 cm³/mol. The summed E-state index contributed by atoms with van der Waals surface area (Å²) in [5, 5.41) is 16.6. The maximum atomic E-state index is 9.75. The normalized spacial score (nSPS) is 16.6. The molecule has 0 saturated carbocycles. The van der Waals surface area contributed by atoms with Crippen molar-refractivity contribution in [1.82, 2.24) is 10.2 Å². The number of aromatic nitrogens is 2. The molecule has 3 aromatic rings. The topological polar surface area (TPSA) is 101 Å². The first-order valence-corrected chi connectivity index (χ1v) is 7.04. The lowest BCUT2D eigenvalue weighted by Crippen LogP contribution is -2.15.